The third-order valence-corrected chi connectivity index (χ3v) is 3.61. The normalized spacial score (nSPS) is 11.2. The summed E-state index contributed by atoms with van der Waals surface area (Å²) in [5, 5.41) is 21.4. The fourth-order valence-electron chi connectivity index (χ4n) is 2.45. The maximum absolute atomic E-state index is 4.31. The van der Waals surface area contributed by atoms with E-state index in [1.165, 1.54) is 4.79 Å². The van der Waals surface area contributed by atoms with Crippen molar-refractivity contribution in [2.45, 2.75) is 0 Å². The Labute approximate surface area is 138 Å². The molecule has 24 heavy (non-hydrogen) atoms. The molecule has 1 aromatic heterocycles. The van der Waals surface area contributed by atoms with Crippen LogP contribution >= 0.6 is 0 Å². The van der Waals surface area contributed by atoms with Crippen molar-refractivity contribution in [2.24, 2.45) is 5.10 Å². The molecule has 0 aliphatic carbocycles. The Morgan fingerprint density at radius 2 is 1.67 bits per heavy atom. The molecule has 6 heteroatoms. The van der Waals surface area contributed by atoms with Crippen molar-refractivity contribution in [3.8, 4) is 0 Å². The second kappa shape index (κ2) is 6.29. The highest BCUT2D eigenvalue weighted by Crippen LogP contribution is 2.25. The SMILES string of the molecule is C(=Nn1nnnc1Nc1cccc2ccccc12)c1ccccc1. The van der Waals surface area contributed by atoms with E-state index in [0.29, 0.717) is 5.95 Å². The van der Waals surface area contributed by atoms with Crippen molar-refractivity contribution < 1.29 is 0 Å². The first-order valence-electron chi connectivity index (χ1n) is 7.53. The lowest BCUT2D eigenvalue weighted by Gasteiger charge is -2.07. The monoisotopic (exact) mass is 314 g/mol. The number of anilines is 2. The molecule has 4 rings (SSSR count). The van der Waals surface area contributed by atoms with E-state index in [4.69, 9.17) is 0 Å². The molecular weight excluding hydrogens is 300 g/mol. The van der Waals surface area contributed by atoms with Gasteiger partial charge in [-0.1, -0.05) is 76.6 Å². The molecule has 0 bridgehead atoms. The van der Waals surface area contributed by atoms with Crippen LogP contribution in [-0.2, 0) is 0 Å². The van der Waals surface area contributed by atoms with Crippen LogP contribution in [0.3, 0.4) is 0 Å². The lowest BCUT2D eigenvalue weighted by Crippen LogP contribution is -2.01. The lowest BCUT2D eigenvalue weighted by molar-refractivity contribution is 0.699. The van der Waals surface area contributed by atoms with Gasteiger partial charge in [0.1, 0.15) is 0 Å². The molecule has 6 nitrogen and oxygen atoms in total. The van der Waals surface area contributed by atoms with E-state index in [1.807, 2.05) is 54.6 Å². The summed E-state index contributed by atoms with van der Waals surface area (Å²) in [7, 11) is 0. The van der Waals surface area contributed by atoms with E-state index >= 15 is 0 Å². The topological polar surface area (TPSA) is 68.0 Å². The second-order valence-corrected chi connectivity index (χ2v) is 5.20. The van der Waals surface area contributed by atoms with Crippen LogP contribution in [0.5, 0.6) is 0 Å². The molecule has 0 saturated carbocycles. The van der Waals surface area contributed by atoms with Crippen LogP contribution < -0.4 is 5.32 Å². The average Bonchev–Trinajstić information content (AvgIpc) is 3.08. The van der Waals surface area contributed by atoms with Crippen LogP contribution in [0.15, 0.2) is 77.9 Å². The molecule has 0 fully saturated rings. The number of nitrogens with one attached hydrogen (secondary N) is 1. The third kappa shape index (κ3) is 2.85. The zero-order chi connectivity index (χ0) is 16.2. The zero-order valence-corrected chi connectivity index (χ0v) is 12.7. The highest BCUT2D eigenvalue weighted by molar-refractivity contribution is 5.94. The molecular formula is C18H14N6. The van der Waals surface area contributed by atoms with Crippen LogP contribution in [0, 0.1) is 0 Å². The van der Waals surface area contributed by atoms with Gasteiger partial charge in [-0.05, 0) is 27.4 Å². The Balaban J connectivity index is 1.64. The number of hydrogen-bond acceptors (Lipinski definition) is 5. The number of aromatic nitrogens is 4. The summed E-state index contributed by atoms with van der Waals surface area (Å²) in [4.78, 5) is 1.37. The van der Waals surface area contributed by atoms with E-state index < -0.39 is 0 Å². The van der Waals surface area contributed by atoms with Crippen molar-refractivity contribution in [1.29, 1.82) is 0 Å². The van der Waals surface area contributed by atoms with Crippen molar-refractivity contribution in [1.82, 2.24) is 20.3 Å². The molecule has 0 spiro atoms. The fraction of sp³-hybridized carbons (Fsp3) is 0. The molecule has 0 aliphatic rings. The Bertz CT molecular complexity index is 985. The van der Waals surface area contributed by atoms with Gasteiger partial charge in [-0.15, -0.1) is 0 Å². The Morgan fingerprint density at radius 3 is 2.58 bits per heavy atom. The molecule has 0 atom stereocenters. The zero-order valence-electron chi connectivity index (χ0n) is 12.7. The number of fused-ring (bicyclic) bond motifs is 1. The molecule has 0 saturated heterocycles. The minimum atomic E-state index is 0.457. The summed E-state index contributed by atoms with van der Waals surface area (Å²) in [6.45, 7) is 0. The van der Waals surface area contributed by atoms with Gasteiger partial charge in [-0.25, -0.2) is 0 Å². The molecule has 1 heterocycles. The Hall–Kier alpha value is -3.54. The van der Waals surface area contributed by atoms with Gasteiger partial charge in [0.05, 0.1) is 6.21 Å². The summed E-state index contributed by atoms with van der Waals surface area (Å²) >= 11 is 0. The van der Waals surface area contributed by atoms with Crippen molar-refractivity contribution in [2.75, 3.05) is 5.32 Å². The van der Waals surface area contributed by atoms with Crippen molar-refractivity contribution in [3.63, 3.8) is 0 Å². The number of benzene rings is 3. The maximum atomic E-state index is 4.31. The highest BCUT2D eigenvalue weighted by Gasteiger charge is 2.07. The quantitative estimate of drug-likeness (QED) is 0.586. The van der Waals surface area contributed by atoms with Gasteiger partial charge in [0, 0.05) is 11.1 Å². The first-order chi connectivity index (χ1) is 11.9. The average molecular weight is 314 g/mol. The number of hydrogen-bond donors (Lipinski definition) is 1. The molecule has 0 aliphatic heterocycles. The summed E-state index contributed by atoms with van der Waals surface area (Å²) in [5.74, 6) is 0.457. The summed E-state index contributed by atoms with van der Waals surface area (Å²) in [5.41, 5.74) is 1.91. The molecule has 0 amide bonds. The number of rotatable bonds is 4. The highest BCUT2D eigenvalue weighted by atomic mass is 15.7. The van der Waals surface area contributed by atoms with Crippen LogP contribution in [0.2, 0.25) is 0 Å². The van der Waals surface area contributed by atoms with Gasteiger partial charge < -0.3 is 5.32 Å². The largest absolute Gasteiger partial charge is 0.321 e. The Morgan fingerprint density at radius 1 is 0.875 bits per heavy atom. The maximum Gasteiger partial charge on any atom is 0.269 e. The van der Waals surface area contributed by atoms with E-state index in [-0.39, 0.29) is 0 Å². The van der Waals surface area contributed by atoms with Gasteiger partial charge in [0.15, 0.2) is 0 Å². The standard InChI is InChI=1S/C18H14N6/c1-2-7-14(8-3-1)13-19-24-18(21-22-23-24)20-17-12-6-10-15-9-4-5-11-16(15)17/h1-13H,(H,20,21,23). The van der Waals surface area contributed by atoms with E-state index in [1.54, 1.807) is 6.21 Å². The second-order valence-electron chi connectivity index (χ2n) is 5.20. The summed E-state index contributed by atoms with van der Waals surface area (Å²) in [6.07, 6.45) is 1.71. The molecule has 3 aromatic carbocycles. The van der Waals surface area contributed by atoms with Gasteiger partial charge in [0.25, 0.3) is 5.95 Å². The molecule has 0 unspecified atom stereocenters. The predicted octanol–water partition coefficient (Wildman–Crippen LogP) is 3.45. The Kier molecular flexibility index (Phi) is 3.69. The van der Waals surface area contributed by atoms with Crippen molar-refractivity contribution >= 4 is 28.6 Å². The molecule has 116 valence electrons. The first-order valence-corrected chi connectivity index (χ1v) is 7.53. The third-order valence-electron chi connectivity index (χ3n) is 3.61. The molecule has 0 radical (unpaired) electrons. The van der Waals surface area contributed by atoms with Crippen molar-refractivity contribution in [3.05, 3.63) is 78.4 Å². The van der Waals surface area contributed by atoms with Crippen LogP contribution in [-0.4, -0.2) is 26.5 Å². The first kappa shape index (κ1) is 14.1. The smallest absolute Gasteiger partial charge is 0.269 e. The molecule has 1 N–H and O–H groups in total. The number of tetrazole rings is 1. The summed E-state index contributed by atoms with van der Waals surface area (Å²) in [6, 6.07) is 24.0. The minimum Gasteiger partial charge on any atom is -0.321 e. The van der Waals surface area contributed by atoms with Crippen LogP contribution in [0.4, 0.5) is 11.6 Å². The van der Waals surface area contributed by atoms with E-state index in [2.05, 4.69) is 44.1 Å². The van der Waals surface area contributed by atoms with Gasteiger partial charge >= 0.3 is 0 Å². The van der Waals surface area contributed by atoms with Gasteiger partial charge in [-0.2, -0.15) is 5.10 Å². The van der Waals surface area contributed by atoms with Crippen LogP contribution in [0.25, 0.3) is 10.8 Å². The van der Waals surface area contributed by atoms with Crippen LogP contribution in [0.1, 0.15) is 5.56 Å². The fourth-order valence-corrected chi connectivity index (χ4v) is 2.45. The van der Waals surface area contributed by atoms with E-state index in [0.717, 1.165) is 22.0 Å². The number of nitrogens with zero attached hydrogens (tertiary/aromatic N) is 5. The lowest BCUT2D eigenvalue weighted by atomic mass is 10.1. The predicted molar refractivity (Wildman–Crippen MR) is 94.5 cm³/mol. The van der Waals surface area contributed by atoms with Gasteiger partial charge in [0.2, 0.25) is 0 Å². The van der Waals surface area contributed by atoms with E-state index in [9.17, 15) is 0 Å². The summed E-state index contributed by atoms with van der Waals surface area (Å²) < 4.78 is 0. The minimum absolute atomic E-state index is 0.457. The molecule has 4 aromatic rings. The van der Waals surface area contributed by atoms with Gasteiger partial charge in [-0.3, -0.25) is 0 Å².